The van der Waals surface area contributed by atoms with Crippen molar-refractivity contribution < 1.29 is 14.5 Å². The molecule has 24 heavy (non-hydrogen) atoms. The number of nitro groups is 1. The third kappa shape index (κ3) is 5.07. The molecule has 0 radical (unpaired) electrons. The van der Waals surface area contributed by atoms with Gasteiger partial charge in [-0.2, -0.15) is 0 Å². The van der Waals surface area contributed by atoms with Gasteiger partial charge in [-0.15, -0.1) is 11.8 Å². The van der Waals surface area contributed by atoms with Crippen LogP contribution in [0.2, 0.25) is 0 Å². The summed E-state index contributed by atoms with van der Waals surface area (Å²) in [6, 6.07) is 10.0. The minimum absolute atomic E-state index is 0.0155. The van der Waals surface area contributed by atoms with E-state index in [9.17, 15) is 14.9 Å². The second-order valence-corrected chi connectivity index (χ2v) is 7.11. The van der Waals surface area contributed by atoms with Gasteiger partial charge in [0.2, 0.25) is 0 Å². The van der Waals surface area contributed by atoms with E-state index in [-0.39, 0.29) is 24.0 Å². The Morgan fingerprint density at radius 3 is 2.50 bits per heavy atom. The van der Waals surface area contributed by atoms with Crippen LogP contribution in [0.1, 0.15) is 16.7 Å². The van der Waals surface area contributed by atoms with Crippen molar-refractivity contribution >= 4 is 39.3 Å². The number of aryl methyl sites for hydroxylation is 2. The molecule has 0 spiro atoms. The summed E-state index contributed by atoms with van der Waals surface area (Å²) >= 11 is 4.92. The molecule has 2 aromatic rings. The average molecular weight is 410 g/mol. The van der Waals surface area contributed by atoms with Gasteiger partial charge >= 0.3 is 5.97 Å². The number of rotatable bonds is 6. The molecule has 0 fully saturated rings. The monoisotopic (exact) mass is 409 g/mol. The van der Waals surface area contributed by atoms with E-state index in [4.69, 9.17) is 4.74 Å². The van der Waals surface area contributed by atoms with Crippen LogP contribution in [-0.2, 0) is 16.1 Å². The summed E-state index contributed by atoms with van der Waals surface area (Å²) in [4.78, 5) is 23.0. The molecule has 126 valence electrons. The summed E-state index contributed by atoms with van der Waals surface area (Å²) in [7, 11) is 0. The van der Waals surface area contributed by atoms with Crippen LogP contribution in [0.15, 0.2) is 45.8 Å². The topological polar surface area (TPSA) is 69.4 Å². The van der Waals surface area contributed by atoms with Gasteiger partial charge in [-0.05, 0) is 54.8 Å². The molecule has 0 unspecified atom stereocenters. The van der Waals surface area contributed by atoms with E-state index >= 15 is 0 Å². The number of carbonyl (C=O) groups is 1. The molecule has 7 heteroatoms. The third-order valence-electron chi connectivity index (χ3n) is 3.35. The predicted octanol–water partition coefficient (Wildman–Crippen LogP) is 4.81. The van der Waals surface area contributed by atoms with E-state index < -0.39 is 4.92 Å². The molecule has 0 saturated heterocycles. The van der Waals surface area contributed by atoms with Crippen molar-refractivity contribution in [2.24, 2.45) is 0 Å². The van der Waals surface area contributed by atoms with Gasteiger partial charge in [-0.3, -0.25) is 14.9 Å². The third-order valence-corrected chi connectivity index (χ3v) is 5.33. The first-order valence-electron chi connectivity index (χ1n) is 7.15. The lowest BCUT2D eigenvalue weighted by Crippen LogP contribution is -2.07. The minimum Gasteiger partial charge on any atom is -0.460 e. The molecule has 0 amide bonds. The smallest absolute Gasteiger partial charge is 0.316 e. The highest BCUT2D eigenvalue weighted by molar-refractivity contribution is 9.10. The molecule has 2 rings (SSSR count). The Morgan fingerprint density at radius 2 is 1.88 bits per heavy atom. The van der Waals surface area contributed by atoms with Crippen molar-refractivity contribution in [1.29, 1.82) is 0 Å². The number of thioether (sulfide) groups is 1. The first kappa shape index (κ1) is 18.5. The summed E-state index contributed by atoms with van der Waals surface area (Å²) in [5.41, 5.74) is 2.94. The van der Waals surface area contributed by atoms with Crippen molar-refractivity contribution in [3.63, 3.8) is 0 Å². The molecule has 0 aliphatic rings. The Kier molecular flexibility index (Phi) is 6.39. The van der Waals surface area contributed by atoms with Gasteiger partial charge in [0.15, 0.2) is 0 Å². The van der Waals surface area contributed by atoms with Crippen molar-refractivity contribution in [3.05, 3.63) is 67.7 Å². The molecule has 0 heterocycles. The molecular formula is C17H16BrNO4S. The zero-order valence-corrected chi connectivity index (χ0v) is 15.6. The Balaban J connectivity index is 1.85. The number of nitrogens with zero attached hydrogens (tertiary/aromatic N) is 1. The van der Waals surface area contributed by atoms with E-state index in [2.05, 4.69) is 15.9 Å². The van der Waals surface area contributed by atoms with Gasteiger partial charge in [-0.25, -0.2) is 0 Å². The number of benzene rings is 2. The van der Waals surface area contributed by atoms with Crippen LogP contribution in [0, 0.1) is 24.0 Å². The molecule has 5 nitrogen and oxygen atoms in total. The van der Waals surface area contributed by atoms with Crippen LogP contribution < -0.4 is 0 Å². The Bertz CT molecular complexity index is 762. The first-order valence-corrected chi connectivity index (χ1v) is 8.93. The molecule has 0 aromatic heterocycles. The van der Waals surface area contributed by atoms with Crippen molar-refractivity contribution in [2.75, 3.05) is 5.75 Å². The lowest BCUT2D eigenvalue weighted by molar-refractivity contribution is -0.384. The zero-order chi connectivity index (χ0) is 17.7. The second kappa shape index (κ2) is 8.30. The van der Waals surface area contributed by atoms with Gasteiger partial charge < -0.3 is 4.74 Å². The number of carbonyl (C=O) groups excluding carboxylic acids is 1. The predicted molar refractivity (Wildman–Crippen MR) is 97.2 cm³/mol. The Hall–Kier alpha value is -1.86. The number of esters is 1. The van der Waals surface area contributed by atoms with Crippen molar-refractivity contribution in [2.45, 2.75) is 25.3 Å². The minimum atomic E-state index is -0.463. The summed E-state index contributed by atoms with van der Waals surface area (Å²) in [5, 5.41) is 10.6. The second-order valence-electron chi connectivity index (χ2n) is 5.24. The number of hydrogen-bond donors (Lipinski definition) is 0. The summed E-state index contributed by atoms with van der Waals surface area (Å²) in [6.45, 7) is 4.10. The maximum absolute atomic E-state index is 11.9. The average Bonchev–Trinajstić information content (AvgIpc) is 2.55. The van der Waals surface area contributed by atoms with E-state index in [1.165, 1.54) is 23.9 Å². The highest BCUT2D eigenvalue weighted by Crippen LogP contribution is 2.28. The van der Waals surface area contributed by atoms with Crippen LogP contribution in [0.4, 0.5) is 5.69 Å². The molecule has 0 aliphatic carbocycles. The Morgan fingerprint density at radius 1 is 1.21 bits per heavy atom. The first-order chi connectivity index (χ1) is 11.4. The van der Waals surface area contributed by atoms with Gasteiger partial charge in [0.05, 0.1) is 10.7 Å². The van der Waals surface area contributed by atoms with E-state index in [0.29, 0.717) is 0 Å². The Labute approximate surface area is 152 Å². The molecule has 0 N–H and O–H groups in total. The molecule has 0 aliphatic heterocycles. The van der Waals surface area contributed by atoms with Crippen LogP contribution in [0.25, 0.3) is 0 Å². The quantitative estimate of drug-likeness (QED) is 0.296. The van der Waals surface area contributed by atoms with Crippen molar-refractivity contribution in [3.8, 4) is 0 Å². The van der Waals surface area contributed by atoms with Gasteiger partial charge in [-0.1, -0.05) is 15.9 Å². The largest absolute Gasteiger partial charge is 0.460 e. The zero-order valence-electron chi connectivity index (χ0n) is 13.2. The maximum atomic E-state index is 11.9. The van der Waals surface area contributed by atoms with E-state index in [1.807, 2.05) is 26.0 Å². The summed E-state index contributed by atoms with van der Waals surface area (Å²) in [5.74, 6) is -0.104. The van der Waals surface area contributed by atoms with E-state index in [1.54, 1.807) is 12.1 Å². The molecule has 2 aromatic carbocycles. The van der Waals surface area contributed by atoms with Crippen LogP contribution in [0.5, 0.6) is 0 Å². The normalized spacial score (nSPS) is 10.5. The highest BCUT2D eigenvalue weighted by Gasteiger charge is 2.09. The van der Waals surface area contributed by atoms with Crippen LogP contribution in [-0.4, -0.2) is 16.6 Å². The fourth-order valence-electron chi connectivity index (χ4n) is 1.97. The SMILES string of the molecule is Cc1cc(SCC(=O)OCc2ccc([N+](=O)[O-])cc2)c(C)cc1Br. The number of hydrogen-bond acceptors (Lipinski definition) is 5. The van der Waals surface area contributed by atoms with E-state index in [0.717, 1.165) is 26.1 Å². The van der Waals surface area contributed by atoms with Gasteiger partial charge in [0.1, 0.15) is 6.61 Å². The number of ether oxygens (including phenoxy) is 1. The number of halogens is 1. The molecule has 0 saturated carbocycles. The lowest BCUT2D eigenvalue weighted by Gasteiger charge is -2.09. The van der Waals surface area contributed by atoms with Crippen molar-refractivity contribution in [1.82, 2.24) is 0 Å². The standard InChI is InChI=1S/C17H16BrNO4S/c1-11-8-16(12(2)7-15(11)18)24-10-17(20)23-9-13-3-5-14(6-4-13)19(21)22/h3-8H,9-10H2,1-2H3. The summed E-state index contributed by atoms with van der Waals surface area (Å²) < 4.78 is 6.25. The summed E-state index contributed by atoms with van der Waals surface area (Å²) in [6.07, 6.45) is 0. The van der Waals surface area contributed by atoms with Crippen LogP contribution >= 0.6 is 27.7 Å². The lowest BCUT2D eigenvalue weighted by atomic mass is 10.2. The highest BCUT2D eigenvalue weighted by atomic mass is 79.9. The van der Waals surface area contributed by atoms with Crippen LogP contribution in [0.3, 0.4) is 0 Å². The maximum Gasteiger partial charge on any atom is 0.316 e. The molecular weight excluding hydrogens is 394 g/mol. The molecule has 0 atom stereocenters. The fourth-order valence-corrected chi connectivity index (χ4v) is 3.33. The fraction of sp³-hybridized carbons (Fsp3) is 0.235. The van der Waals surface area contributed by atoms with Gasteiger partial charge in [0, 0.05) is 21.5 Å². The molecule has 0 bridgehead atoms. The number of non-ortho nitro benzene ring substituents is 1. The van der Waals surface area contributed by atoms with Gasteiger partial charge in [0.25, 0.3) is 5.69 Å². The number of nitro benzene ring substituents is 1.